The van der Waals surface area contributed by atoms with Crippen molar-refractivity contribution in [3.05, 3.63) is 69.4 Å². The van der Waals surface area contributed by atoms with E-state index < -0.39 is 18.3 Å². The van der Waals surface area contributed by atoms with Crippen molar-refractivity contribution in [2.75, 3.05) is 13.2 Å². The molecule has 0 atom stereocenters. The topological polar surface area (TPSA) is 86.2 Å². The number of hydrogen-bond donors (Lipinski definition) is 1. The molecule has 7 nitrogen and oxygen atoms in total. The first kappa shape index (κ1) is 21.2. The van der Waals surface area contributed by atoms with Gasteiger partial charge in [0, 0.05) is 23.9 Å². The average Bonchev–Trinajstić information content (AvgIpc) is 2.70. The van der Waals surface area contributed by atoms with E-state index in [1.807, 2.05) is 6.92 Å². The summed E-state index contributed by atoms with van der Waals surface area (Å²) in [6, 6.07) is 9.67. The molecule has 2 heterocycles. The minimum absolute atomic E-state index is 0.00333. The Bertz CT molecular complexity index is 1120. The van der Waals surface area contributed by atoms with Crippen molar-refractivity contribution < 1.29 is 22.6 Å². The van der Waals surface area contributed by atoms with Crippen LogP contribution in [0.5, 0.6) is 11.8 Å². The third kappa shape index (κ3) is 5.28. The lowest BCUT2D eigenvalue weighted by atomic mass is 10.2. The number of H-pyrrole nitrogens is 1. The molecular weight excluding hydrogens is 403 g/mol. The molecule has 0 spiro atoms. The molecule has 0 amide bonds. The molecule has 0 saturated heterocycles. The largest absolute Gasteiger partial charge is 0.484 e. The highest BCUT2D eigenvalue weighted by molar-refractivity contribution is 5.58. The Kier molecular flexibility index (Phi) is 6.24. The smallest absolute Gasteiger partial charge is 0.422 e. The average molecular weight is 421 g/mol. The normalized spacial score (nSPS) is 11.3. The van der Waals surface area contributed by atoms with E-state index in [4.69, 9.17) is 4.74 Å². The summed E-state index contributed by atoms with van der Waals surface area (Å²) in [7, 11) is 0. The number of halogens is 3. The Labute approximate surface area is 168 Å². The minimum Gasteiger partial charge on any atom is -0.484 e. The molecule has 0 unspecified atom stereocenters. The third-order valence-corrected chi connectivity index (χ3v) is 3.89. The number of aromatic amines is 1. The Hall–Kier alpha value is -3.56. The van der Waals surface area contributed by atoms with E-state index in [2.05, 4.69) is 14.7 Å². The minimum atomic E-state index is -4.45. The van der Waals surface area contributed by atoms with Gasteiger partial charge in [-0.1, -0.05) is 6.92 Å². The van der Waals surface area contributed by atoms with Crippen molar-refractivity contribution >= 4 is 0 Å². The first-order valence-electron chi connectivity index (χ1n) is 9.03. The first-order valence-corrected chi connectivity index (χ1v) is 9.03. The van der Waals surface area contributed by atoms with Crippen molar-refractivity contribution in [3.8, 4) is 28.7 Å². The zero-order chi connectivity index (χ0) is 21.7. The molecule has 158 valence electrons. The second-order valence-electron chi connectivity index (χ2n) is 6.29. The lowest BCUT2D eigenvalue weighted by Crippen LogP contribution is -2.22. The van der Waals surface area contributed by atoms with E-state index in [1.165, 1.54) is 47.2 Å². The van der Waals surface area contributed by atoms with Crippen molar-refractivity contribution in [2.45, 2.75) is 19.5 Å². The highest BCUT2D eigenvalue weighted by atomic mass is 19.4. The highest BCUT2D eigenvalue weighted by Crippen LogP contribution is 2.23. The summed E-state index contributed by atoms with van der Waals surface area (Å²) >= 11 is 0. The molecule has 3 rings (SSSR count). The highest BCUT2D eigenvalue weighted by Gasteiger charge is 2.28. The van der Waals surface area contributed by atoms with Crippen LogP contribution in [0.15, 0.2) is 58.3 Å². The van der Waals surface area contributed by atoms with Crippen molar-refractivity contribution in [1.82, 2.24) is 14.5 Å². The molecule has 0 aliphatic heterocycles. The van der Waals surface area contributed by atoms with Gasteiger partial charge in [-0.25, -0.2) is 4.57 Å². The summed E-state index contributed by atoms with van der Waals surface area (Å²) in [6.07, 6.45) is -2.35. The van der Waals surface area contributed by atoms with Gasteiger partial charge in [-0.15, -0.1) is 0 Å². The molecule has 0 aliphatic carbocycles. The van der Waals surface area contributed by atoms with Gasteiger partial charge >= 0.3 is 12.2 Å². The SMILES string of the molecule is CCCOc1nc(-c2cc[nH]c(=O)c2)cc(=O)n1-c1ccc(OCC(F)(F)F)cc1. The van der Waals surface area contributed by atoms with Crippen molar-refractivity contribution in [2.24, 2.45) is 0 Å². The fourth-order valence-corrected chi connectivity index (χ4v) is 2.60. The number of hydrogen-bond acceptors (Lipinski definition) is 5. The maximum Gasteiger partial charge on any atom is 0.422 e. The van der Waals surface area contributed by atoms with Gasteiger partial charge in [0.05, 0.1) is 18.0 Å². The van der Waals surface area contributed by atoms with Crippen LogP contribution >= 0.6 is 0 Å². The number of nitrogens with one attached hydrogen (secondary N) is 1. The summed E-state index contributed by atoms with van der Waals surface area (Å²) in [5, 5.41) is 0. The summed E-state index contributed by atoms with van der Waals surface area (Å²) < 4.78 is 48.4. The van der Waals surface area contributed by atoms with E-state index in [-0.39, 0.29) is 29.6 Å². The number of alkyl halides is 3. The van der Waals surface area contributed by atoms with E-state index in [1.54, 1.807) is 6.07 Å². The van der Waals surface area contributed by atoms with Crippen LogP contribution in [0, 0.1) is 0 Å². The molecule has 0 aliphatic rings. The summed E-state index contributed by atoms with van der Waals surface area (Å²) in [6.45, 7) is 0.761. The number of rotatable bonds is 7. The molecule has 1 aromatic carbocycles. The molecule has 10 heteroatoms. The fourth-order valence-electron chi connectivity index (χ4n) is 2.60. The van der Waals surface area contributed by atoms with Crippen LogP contribution in [0.25, 0.3) is 16.9 Å². The van der Waals surface area contributed by atoms with Gasteiger partial charge in [-0.3, -0.25) is 9.59 Å². The molecule has 2 aromatic heterocycles. The predicted octanol–water partition coefficient (Wildman–Crippen LogP) is 3.32. The Morgan fingerprint density at radius 2 is 1.80 bits per heavy atom. The van der Waals surface area contributed by atoms with E-state index >= 15 is 0 Å². The summed E-state index contributed by atoms with van der Waals surface area (Å²) in [5.74, 6) is 0.00763. The molecule has 1 N–H and O–H groups in total. The second-order valence-corrected chi connectivity index (χ2v) is 6.29. The maximum atomic E-state index is 12.8. The van der Waals surface area contributed by atoms with Crippen LogP contribution in [0.4, 0.5) is 13.2 Å². The van der Waals surface area contributed by atoms with Crippen LogP contribution in [0.3, 0.4) is 0 Å². The summed E-state index contributed by atoms with van der Waals surface area (Å²) in [5.41, 5.74) is 0.230. The second kappa shape index (κ2) is 8.85. The van der Waals surface area contributed by atoms with Gasteiger partial charge in [-0.05, 0) is 36.8 Å². The Balaban J connectivity index is 1.99. The van der Waals surface area contributed by atoms with Gasteiger partial charge in [0.2, 0.25) is 5.56 Å². The van der Waals surface area contributed by atoms with Crippen molar-refractivity contribution in [1.29, 1.82) is 0 Å². The van der Waals surface area contributed by atoms with Gasteiger partial charge in [0.1, 0.15) is 5.75 Å². The quantitative estimate of drug-likeness (QED) is 0.633. The molecule has 3 aromatic rings. The molecule has 30 heavy (non-hydrogen) atoms. The van der Waals surface area contributed by atoms with Crippen LogP contribution in [-0.2, 0) is 0 Å². The number of nitrogens with zero attached hydrogens (tertiary/aromatic N) is 2. The number of pyridine rings is 1. The maximum absolute atomic E-state index is 12.8. The van der Waals surface area contributed by atoms with Crippen LogP contribution in [0.2, 0.25) is 0 Å². The van der Waals surface area contributed by atoms with Crippen LogP contribution < -0.4 is 20.6 Å². The number of aromatic nitrogens is 3. The zero-order valence-corrected chi connectivity index (χ0v) is 15.9. The van der Waals surface area contributed by atoms with E-state index in [9.17, 15) is 22.8 Å². The van der Waals surface area contributed by atoms with Gasteiger partial charge in [0.25, 0.3) is 5.56 Å². The van der Waals surface area contributed by atoms with Crippen LogP contribution in [0.1, 0.15) is 13.3 Å². The lowest BCUT2D eigenvalue weighted by Gasteiger charge is -2.14. The molecular formula is C20H18F3N3O4. The van der Waals surface area contributed by atoms with Gasteiger partial charge in [-0.2, -0.15) is 18.2 Å². The molecule has 0 bridgehead atoms. The lowest BCUT2D eigenvalue weighted by molar-refractivity contribution is -0.153. The molecule has 0 fully saturated rings. The van der Waals surface area contributed by atoms with Gasteiger partial charge < -0.3 is 14.5 Å². The van der Waals surface area contributed by atoms with E-state index in [0.717, 1.165) is 0 Å². The van der Waals surface area contributed by atoms with Gasteiger partial charge in [0.15, 0.2) is 6.61 Å². The van der Waals surface area contributed by atoms with E-state index in [0.29, 0.717) is 17.7 Å². The molecule has 0 saturated carbocycles. The third-order valence-electron chi connectivity index (χ3n) is 3.89. The summed E-state index contributed by atoms with van der Waals surface area (Å²) in [4.78, 5) is 31.2. The number of ether oxygens (including phenoxy) is 2. The number of benzene rings is 1. The van der Waals surface area contributed by atoms with Crippen molar-refractivity contribution in [3.63, 3.8) is 0 Å². The first-order chi connectivity index (χ1) is 14.3. The van der Waals surface area contributed by atoms with Crippen LogP contribution in [-0.4, -0.2) is 33.9 Å². The monoisotopic (exact) mass is 421 g/mol. The fraction of sp³-hybridized carbons (Fsp3) is 0.250. The zero-order valence-electron chi connectivity index (χ0n) is 15.9. The standard InChI is InChI=1S/C20H18F3N3O4/c1-2-9-29-19-25-16(13-7-8-24-17(27)10-13)11-18(28)26(19)14-3-5-15(6-4-14)30-12-20(21,22)23/h3-8,10-11H,2,9,12H2,1H3,(H,24,27). The predicted molar refractivity (Wildman–Crippen MR) is 103 cm³/mol. The molecule has 0 radical (unpaired) electrons. The Morgan fingerprint density at radius 3 is 2.43 bits per heavy atom. The Morgan fingerprint density at radius 1 is 1.07 bits per heavy atom.